The van der Waals surface area contributed by atoms with E-state index in [1.807, 2.05) is 0 Å². The molecule has 2 atom stereocenters. The van der Waals surface area contributed by atoms with Crippen LogP contribution in [0.1, 0.15) is 45.8 Å². The Morgan fingerprint density at radius 2 is 1.49 bits per heavy atom. The molecule has 4 rings (SSSR count). The molecule has 22 radical (unpaired) electrons. The maximum Gasteiger partial charge on any atom is 0.347 e. The number of alkyl halides is 2. The first-order valence-electron chi connectivity index (χ1n) is 12.1. The van der Waals surface area contributed by atoms with Gasteiger partial charge in [0.25, 0.3) is 11.8 Å². The lowest BCUT2D eigenvalue weighted by Crippen LogP contribution is -2.59. The highest BCUT2D eigenvalue weighted by Gasteiger charge is 2.51. The van der Waals surface area contributed by atoms with Crippen molar-refractivity contribution in [3.8, 4) is 0 Å². The van der Waals surface area contributed by atoms with Gasteiger partial charge in [0.05, 0.1) is 15.7 Å². The van der Waals surface area contributed by atoms with Crippen LogP contribution in [0.4, 0.5) is 8.78 Å². The highest BCUT2D eigenvalue weighted by Crippen LogP contribution is 2.37. The lowest BCUT2D eigenvalue weighted by atomic mass is 9.52. The van der Waals surface area contributed by atoms with Crippen molar-refractivity contribution in [3.05, 3.63) is 27.3 Å². The number of fused-ring (bicyclic) bond motifs is 1. The molecule has 188 valence electrons. The number of rotatable bonds is 5. The topological polar surface area (TPSA) is 86.8 Å². The number of benzene rings is 2. The minimum Gasteiger partial charge on any atom is -0.393 e. The van der Waals surface area contributed by atoms with Gasteiger partial charge in [0.1, 0.15) is 68.8 Å². The molecule has 0 saturated carbocycles. The van der Waals surface area contributed by atoms with E-state index in [2.05, 4.69) is 5.32 Å². The third-order valence-corrected chi connectivity index (χ3v) is 7.82. The zero-order chi connectivity index (χ0) is 32.7. The highest BCUT2D eigenvalue weighted by molar-refractivity contribution is 6.64. The summed E-state index contributed by atoms with van der Waals surface area (Å²) in [5.74, 6) is -11.3. The van der Waals surface area contributed by atoms with Gasteiger partial charge in [0, 0.05) is 28.5 Å². The van der Waals surface area contributed by atoms with Crippen LogP contribution >= 0.6 is 11.6 Å². The van der Waals surface area contributed by atoms with E-state index in [0.29, 0.717) is 0 Å². The van der Waals surface area contributed by atoms with Crippen LogP contribution in [0.3, 0.4) is 0 Å². The first-order valence-corrected chi connectivity index (χ1v) is 12.5. The van der Waals surface area contributed by atoms with E-state index in [9.17, 15) is 19.2 Å². The second kappa shape index (κ2) is 11.1. The van der Waals surface area contributed by atoms with Crippen molar-refractivity contribution in [3.63, 3.8) is 0 Å². The van der Waals surface area contributed by atoms with E-state index < -0.39 is 112 Å². The average molecular weight is 570 g/mol. The predicted octanol–water partition coefficient (Wildman–Crippen LogP) is -7.52. The van der Waals surface area contributed by atoms with Crippen LogP contribution in [0.25, 0.3) is 0 Å². The van der Waals surface area contributed by atoms with Gasteiger partial charge in [0.2, 0.25) is 19.8 Å². The Morgan fingerprint density at radius 1 is 0.953 bits per heavy atom. The van der Waals surface area contributed by atoms with Gasteiger partial charge < -0.3 is 9.71 Å². The number of nitrogens with one attached hydrogen (secondary N) is 1. The number of imide groups is 1. The summed E-state index contributed by atoms with van der Waals surface area (Å²) in [5, 5.41) is -0.697. The van der Waals surface area contributed by atoms with Gasteiger partial charge in [0.15, 0.2) is 0 Å². The fraction of sp³-hybridized carbons (Fsp3) is 0.273. The fourth-order valence-electron chi connectivity index (χ4n) is 5.19. The van der Waals surface area contributed by atoms with Gasteiger partial charge in [-0.2, -0.15) is 8.78 Å². The molecule has 43 heavy (non-hydrogen) atoms. The summed E-state index contributed by atoms with van der Waals surface area (Å²) < 4.78 is 31.2. The lowest BCUT2D eigenvalue weighted by molar-refractivity contribution is -0.154. The minimum absolute atomic E-state index is 0.142. The number of carbonyl (C=O) groups is 4. The normalized spacial score (nSPS) is 18.7. The number of amides is 4. The first-order chi connectivity index (χ1) is 19.7. The molecule has 2 unspecified atom stereocenters. The Labute approximate surface area is 265 Å². The van der Waals surface area contributed by atoms with Crippen LogP contribution < -0.4 is 43.6 Å². The summed E-state index contributed by atoms with van der Waals surface area (Å²) in [7, 11) is 65.7. The highest BCUT2D eigenvalue weighted by atomic mass is 35.5. The summed E-state index contributed by atoms with van der Waals surface area (Å²) in [6.45, 7) is 0. The largest absolute Gasteiger partial charge is 0.393 e. The lowest BCUT2D eigenvalue weighted by Gasteiger charge is -2.41. The molecule has 0 bridgehead atoms. The van der Waals surface area contributed by atoms with Gasteiger partial charge >= 0.3 is 5.92 Å². The molecule has 0 spiro atoms. The summed E-state index contributed by atoms with van der Waals surface area (Å²) in [6.07, 6.45) is -0.289. The van der Waals surface area contributed by atoms with E-state index >= 15 is 8.78 Å². The predicted molar refractivity (Wildman–Crippen MR) is 166 cm³/mol. The average Bonchev–Trinajstić information content (AvgIpc) is 3.13. The van der Waals surface area contributed by atoms with Gasteiger partial charge in [-0.1, -0.05) is 55.4 Å². The van der Waals surface area contributed by atoms with Crippen molar-refractivity contribution in [2.75, 3.05) is 0 Å². The summed E-state index contributed by atoms with van der Waals surface area (Å²) >= 11 is 5.87. The minimum atomic E-state index is -4.59. The van der Waals surface area contributed by atoms with E-state index in [-0.39, 0.29) is 17.7 Å². The standard InChI is InChI=1S/C22H7B11ClF2N3O4/c23-9-6(17(30)39(33)20(43)21(35,36)8-12(26)14(28)16(34)15(29)13(8)27)11(25)10(24)5-7(9)22(31,32)38(19(5)42)3-1-2-4(40)37-18(3)41/h3,17H,1-2H2,(H,37,40,41). The van der Waals surface area contributed by atoms with E-state index in [1.54, 1.807) is 0 Å². The number of halogens is 3. The molecule has 2 aliphatic rings. The second-order valence-corrected chi connectivity index (χ2v) is 10.3. The molecule has 1 N–H and O–H groups in total. The van der Waals surface area contributed by atoms with Gasteiger partial charge in [-0.05, 0) is 17.3 Å². The number of hydrogen-bond donors (Lipinski definition) is 1. The zero-order valence-electron chi connectivity index (χ0n) is 22.1. The third kappa shape index (κ3) is 4.86. The van der Waals surface area contributed by atoms with Gasteiger partial charge in [-0.25, -0.2) is 0 Å². The van der Waals surface area contributed by atoms with Crippen LogP contribution in [0, 0.1) is 0 Å². The van der Waals surface area contributed by atoms with Crippen LogP contribution in [0.2, 0.25) is 5.02 Å². The quantitative estimate of drug-likeness (QED) is 0.287. The number of nitrogens with zero attached hydrogens (tertiary/aromatic N) is 2. The van der Waals surface area contributed by atoms with E-state index in [4.69, 9.17) is 98.0 Å². The van der Waals surface area contributed by atoms with E-state index in [0.717, 1.165) is 4.90 Å². The Hall–Kier alpha value is -2.62. The zero-order valence-corrected chi connectivity index (χ0v) is 22.8. The molecule has 0 aliphatic carbocycles. The van der Waals surface area contributed by atoms with Crippen LogP contribution in [-0.2, 0) is 25.6 Å². The van der Waals surface area contributed by atoms with Crippen LogP contribution in [0.15, 0.2) is 0 Å². The van der Waals surface area contributed by atoms with Crippen molar-refractivity contribution in [2.45, 2.75) is 36.1 Å². The number of hydrogen-bond acceptors (Lipinski definition) is 4. The monoisotopic (exact) mass is 571 g/mol. The SMILES string of the molecule is [B]c1c([B])c(C(F)(F)C(=O)N([B])C([B])c2c([B])c([B])c3c(c2[B])C([B])([B])N(C2CCC(=O)NC2=O)C3=O)c([B])c([B])c1Cl. The van der Waals surface area contributed by atoms with Gasteiger partial charge in [-0.15, -0.1) is 0 Å². The molecule has 7 nitrogen and oxygen atoms in total. The Bertz CT molecular complexity index is 1620. The summed E-state index contributed by atoms with van der Waals surface area (Å²) in [6, 6.07) is -1.33. The molecular formula is C22H7B11ClF2N3O4. The Balaban J connectivity index is 1.80. The smallest absolute Gasteiger partial charge is 0.347 e. The molecule has 2 aromatic carbocycles. The molecule has 21 heteroatoms. The fourth-order valence-corrected chi connectivity index (χ4v) is 5.39. The van der Waals surface area contributed by atoms with Crippen molar-refractivity contribution in [1.29, 1.82) is 0 Å². The molecule has 2 aliphatic heterocycles. The molecule has 2 aromatic rings. The first kappa shape index (κ1) is 33.3. The van der Waals surface area contributed by atoms with E-state index in [1.165, 1.54) is 0 Å². The Kier molecular flexibility index (Phi) is 8.57. The maximum atomic E-state index is 15.6. The second-order valence-electron chi connectivity index (χ2n) is 9.95. The van der Waals surface area contributed by atoms with Crippen molar-refractivity contribution >= 4 is 160 Å². The van der Waals surface area contributed by atoms with Crippen LogP contribution in [-0.4, -0.2) is 126 Å². The Morgan fingerprint density at radius 3 is 2.00 bits per heavy atom. The van der Waals surface area contributed by atoms with Crippen molar-refractivity contribution < 1.29 is 28.0 Å². The summed E-state index contributed by atoms with van der Waals surface area (Å²) in [5.41, 5.74) is -7.04. The molecule has 4 amide bonds. The number of piperidine rings is 1. The molecule has 1 fully saturated rings. The van der Waals surface area contributed by atoms with Crippen LogP contribution in [0.5, 0.6) is 0 Å². The molecular weight excluding hydrogens is 563 g/mol. The summed E-state index contributed by atoms with van der Waals surface area (Å²) in [4.78, 5) is 51.3. The molecule has 2 heterocycles. The maximum absolute atomic E-state index is 15.6. The van der Waals surface area contributed by atoms with Gasteiger partial charge in [-0.3, -0.25) is 24.5 Å². The molecule has 0 aromatic heterocycles. The number of carbonyl (C=O) groups excluding carboxylic acids is 4. The van der Waals surface area contributed by atoms with Crippen molar-refractivity contribution in [2.24, 2.45) is 0 Å². The van der Waals surface area contributed by atoms with Crippen molar-refractivity contribution in [1.82, 2.24) is 15.0 Å². The third-order valence-electron chi connectivity index (χ3n) is 7.42. The molecule has 1 saturated heterocycles.